The van der Waals surface area contributed by atoms with E-state index in [1.54, 1.807) is 6.07 Å². The van der Waals surface area contributed by atoms with Crippen molar-refractivity contribution in [2.45, 2.75) is 32.7 Å². The largest absolute Gasteiger partial charge is 0.353 e. The van der Waals surface area contributed by atoms with Crippen LogP contribution in [0.3, 0.4) is 0 Å². The molecule has 0 atom stereocenters. The lowest BCUT2D eigenvalue weighted by atomic mass is 10.1. The van der Waals surface area contributed by atoms with Gasteiger partial charge in [0.25, 0.3) is 5.56 Å². The molecule has 24 heavy (non-hydrogen) atoms. The first-order valence-corrected chi connectivity index (χ1v) is 8.59. The van der Waals surface area contributed by atoms with Gasteiger partial charge in [0.05, 0.1) is 17.2 Å². The third-order valence-corrected chi connectivity index (χ3v) is 4.57. The molecule has 0 aliphatic carbocycles. The Morgan fingerprint density at radius 2 is 2.04 bits per heavy atom. The Morgan fingerprint density at radius 3 is 2.83 bits per heavy atom. The first kappa shape index (κ1) is 16.6. The summed E-state index contributed by atoms with van der Waals surface area (Å²) in [6.07, 6.45) is 5.25. The van der Waals surface area contributed by atoms with Crippen molar-refractivity contribution < 1.29 is 4.79 Å². The van der Waals surface area contributed by atoms with Gasteiger partial charge in [-0.15, -0.1) is 0 Å². The van der Waals surface area contributed by atoms with Gasteiger partial charge in [0.1, 0.15) is 6.54 Å². The van der Waals surface area contributed by atoms with Crippen molar-refractivity contribution in [3.05, 3.63) is 40.4 Å². The highest BCUT2D eigenvalue weighted by atomic mass is 16.2. The number of aryl methyl sites for hydroxylation is 1. The molecule has 6 nitrogen and oxygen atoms in total. The van der Waals surface area contributed by atoms with Crippen molar-refractivity contribution in [2.75, 3.05) is 26.2 Å². The maximum absolute atomic E-state index is 12.5. The Labute approximate surface area is 141 Å². The summed E-state index contributed by atoms with van der Waals surface area (Å²) in [5, 5.41) is 3.45. The van der Waals surface area contributed by atoms with E-state index in [1.807, 2.05) is 19.1 Å². The smallest absolute Gasteiger partial charge is 0.261 e. The lowest BCUT2D eigenvalue weighted by Crippen LogP contribution is -2.39. The van der Waals surface area contributed by atoms with E-state index in [0.29, 0.717) is 17.4 Å². The van der Waals surface area contributed by atoms with E-state index in [4.69, 9.17) is 0 Å². The summed E-state index contributed by atoms with van der Waals surface area (Å²) >= 11 is 0. The number of piperidine rings is 1. The van der Waals surface area contributed by atoms with E-state index in [0.717, 1.165) is 25.2 Å². The molecule has 2 heterocycles. The molecular weight excluding hydrogens is 304 g/mol. The van der Waals surface area contributed by atoms with Gasteiger partial charge >= 0.3 is 0 Å². The number of carbonyl (C=O) groups excluding carboxylic acids is 1. The number of aromatic nitrogens is 2. The normalized spacial score (nSPS) is 15.5. The van der Waals surface area contributed by atoms with Gasteiger partial charge in [0, 0.05) is 13.1 Å². The number of hydrogen-bond acceptors (Lipinski definition) is 4. The molecule has 0 saturated carbocycles. The van der Waals surface area contributed by atoms with Crippen LogP contribution in [0, 0.1) is 6.92 Å². The number of para-hydroxylation sites is 1. The van der Waals surface area contributed by atoms with Gasteiger partial charge in [-0.25, -0.2) is 4.98 Å². The first-order valence-electron chi connectivity index (χ1n) is 8.59. The topological polar surface area (TPSA) is 67.2 Å². The van der Waals surface area contributed by atoms with Crippen LogP contribution in [-0.4, -0.2) is 46.5 Å². The molecule has 0 spiro atoms. The fraction of sp³-hybridized carbons (Fsp3) is 0.500. The van der Waals surface area contributed by atoms with Crippen molar-refractivity contribution in [3.63, 3.8) is 0 Å². The predicted octanol–water partition coefficient (Wildman–Crippen LogP) is 1.31. The minimum atomic E-state index is -0.171. The summed E-state index contributed by atoms with van der Waals surface area (Å²) in [5.74, 6) is -0.150. The molecule has 1 saturated heterocycles. The van der Waals surface area contributed by atoms with Gasteiger partial charge in [-0.3, -0.25) is 14.2 Å². The fourth-order valence-electron chi connectivity index (χ4n) is 3.20. The van der Waals surface area contributed by atoms with E-state index < -0.39 is 0 Å². The molecule has 1 amide bonds. The average Bonchev–Trinajstić information content (AvgIpc) is 2.59. The second-order valence-electron chi connectivity index (χ2n) is 6.40. The summed E-state index contributed by atoms with van der Waals surface area (Å²) in [6, 6.07) is 5.51. The Balaban J connectivity index is 1.59. The van der Waals surface area contributed by atoms with Crippen molar-refractivity contribution >= 4 is 16.8 Å². The zero-order valence-corrected chi connectivity index (χ0v) is 14.1. The number of benzene rings is 1. The highest BCUT2D eigenvalue weighted by Gasteiger charge is 2.11. The molecule has 1 aliphatic rings. The summed E-state index contributed by atoms with van der Waals surface area (Å²) in [5.41, 5.74) is 1.49. The lowest BCUT2D eigenvalue weighted by Gasteiger charge is -2.26. The monoisotopic (exact) mass is 328 g/mol. The van der Waals surface area contributed by atoms with Crippen LogP contribution in [0.1, 0.15) is 24.8 Å². The minimum Gasteiger partial charge on any atom is -0.353 e. The second kappa shape index (κ2) is 7.57. The number of rotatable bonds is 5. The molecule has 1 fully saturated rings. The van der Waals surface area contributed by atoms with Gasteiger partial charge in [-0.2, -0.15) is 0 Å². The van der Waals surface area contributed by atoms with Crippen LogP contribution in [-0.2, 0) is 11.3 Å². The van der Waals surface area contributed by atoms with Crippen LogP contribution in [0.15, 0.2) is 29.3 Å². The van der Waals surface area contributed by atoms with E-state index in [1.165, 1.54) is 30.2 Å². The highest BCUT2D eigenvalue weighted by molar-refractivity contribution is 5.81. The van der Waals surface area contributed by atoms with Gasteiger partial charge < -0.3 is 10.2 Å². The Bertz CT molecular complexity index is 778. The van der Waals surface area contributed by atoms with Crippen molar-refractivity contribution in [1.29, 1.82) is 0 Å². The van der Waals surface area contributed by atoms with Gasteiger partial charge in [0.15, 0.2) is 0 Å². The second-order valence-corrected chi connectivity index (χ2v) is 6.40. The number of carbonyl (C=O) groups is 1. The molecule has 1 aromatic carbocycles. The van der Waals surface area contributed by atoms with E-state index in [2.05, 4.69) is 15.2 Å². The van der Waals surface area contributed by atoms with Crippen molar-refractivity contribution in [3.8, 4) is 0 Å². The zero-order valence-electron chi connectivity index (χ0n) is 14.1. The molecule has 0 radical (unpaired) electrons. The number of nitrogens with one attached hydrogen (secondary N) is 1. The van der Waals surface area contributed by atoms with Gasteiger partial charge in [-0.05, 0) is 44.5 Å². The SMILES string of the molecule is Cc1cccc2c(=O)n(CC(=O)NCCN3CCCCC3)cnc12. The molecule has 1 N–H and O–H groups in total. The van der Waals surface area contributed by atoms with Gasteiger partial charge in [0.2, 0.25) is 5.91 Å². The number of fused-ring (bicyclic) bond motifs is 1. The molecule has 1 aliphatic heterocycles. The average molecular weight is 328 g/mol. The third kappa shape index (κ3) is 3.82. The maximum Gasteiger partial charge on any atom is 0.261 e. The Hall–Kier alpha value is -2.21. The van der Waals surface area contributed by atoms with Gasteiger partial charge in [-0.1, -0.05) is 18.6 Å². The van der Waals surface area contributed by atoms with Crippen LogP contribution in [0.2, 0.25) is 0 Å². The maximum atomic E-state index is 12.5. The summed E-state index contributed by atoms with van der Waals surface area (Å²) in [6.45, 7) is 5.65. The number of likely N-dealkylation sites (tertiary alicyclic amines) is 1. The molecule has 0 bridgehead atoms. The molecule has 1 aromatic heterocycles. The number of nitrogens with zero attached hydrogens (tertiary/aromatic N) is 3. The van der Waals surface area contributed by atoms with Crippen LogP contribution >= 0.6 is 0 Å². The molecule has 128 valence electrons. The van der Waals surface area contributed by atoms with Crippen LogP contribution in [0.25, 0.3) is 10.9 Å². The minimum absolute atomic E-state index is 0.00964. The lowest BCUT2D eigenvalue weighted by molar-refractivity contribution is -0.121. The van der Waals surface area contributed by atoms with Crippen molar-refractivity contribution in [1.82, 2.24) is 19.8 Å². The van der Waals surface area contributed by atoms with Crippen LogP contribution < -0.4 is 10.9 Å². The van der Waals surface area contributed by atoms with Crippen LogP contribution in [0.4, 0.5) is 0 Å². The molecule has 3 rings (SSSR count). The zero-order chi connectivity index (χ0) is 16.9. The first-order chi connectivity index (χ1) is 11.6. The van der Waals surface area contributed by atoms with E-state index in [-0.39, 0.29) is 18.0 Å². The number of hydrogen-bond donors (Lipinski definition) is 1. The third-order valence-electron chi connectivity index (χ3n) is 4.57. The quantitative estimate of drug-likeness (QED) is 0.898. The van der Waals surface area contributed by atoms with E-state index >= 15 is 0 Å². The molecular formula is C18H24N4O2. The number of amides is 1. The Morgan fingerprint density at radius 1 is 1.25 bits per heavy atom. The predicted molar refractivity (Wildman–Crippen MR) is 94.0 cm³/mol. The van der Waals surface area contributed by atoms with E-state index in [9.17, 15) is 9.59 Å². The Kier molecular flexibility index (Phi) is 5.25. The summed E-state index contributed by atoms with van der Waals surface area (Å²) < 4.78 is 1.37. The van der Waals surface area contributed by atoms with Crippen molar-refractivity contribution in [2.24, 2.45) is 0 Å². The molecule has 6 heteroatoms. The summed E-state index contributed by atoms with van der Waals surface area (Å²) in [4.78, 5) is 31.3. The molecule has 0 unspecified atom stereocenters. The van der Waals surface area contributed by atoms with Crippen LogP contribution in [0.5, 0.6) is 0 Å². The standard InChI is InChI=1S/C18H24N4O2/c1-14-6-5-7-15-17(14)20-13-22(18(15)24)12-16(23)19-8-11-21-9-3-2-4-10-21/h5-7,13H,2-4,8-12H2,1H3,(H,19,23). The highest BCUT2D eigenvalue weighted by Crippen LogP contribution is 2.11. The molecule has 2 aromatic rings. The summed E-state index contributed by atoms with van der Waals surface area (Å²) in [7, 11) is 0. The fourth-order valence-corrected chi connectivity index (χ4v) is 3.20.